The molecule has 0 aliphatic heterocycles. The predicted octanol–water partition coefficient (Wildman–Crippen LogP) is 3.25. The number of carbonyl (C=O) groups is 2. The first-order valence-electron chi connectivity index (χ1n) is 7.91. The number of anilines is 1. The molecule has 3 rings (SSSR count). The van der Waals surface area contributed by atoms with E-state index < -0.39 is 5.92 Å². The van der Waals surface area contributed by atoms with Crippen LogP contribution in [-0.4, -0.2) is 25.7 Å². The molecule has 4 heteroatoms. The lowest BCUT2D eigenvalue weighted by Gasteiger charge is -2.19. The van der Waals surface area contributed by atoms with E-state index in [4.69, 9.17) is 0 Å². The van der Waals surface area contributed by atoms with Gasteiger partial charge < -0.3 is 4.90 Å². The quantitative estimate of drug-likeness (QED) is 0.812. The molecular formula is C20H18N2O2. The van der Waals surface area contributed by atoms with Gasteiger partial charge in [0.1, 0.15) is 6.07 Å². The second kappa shape index (κ2) is 6.29. The number of aryl methyl sites for hydroxylation is 1. The highest BCUT2D eigenvalue weighted by molar-refractivity contribution is 6.26. The maximum atomic E-state index is 12.5. The lowest BCUT2D eigenvalue weighted by atomic mass is 9.93. The fourth-order valence-electron chi connectivity index (χ4n) is 3.38. The fraction of sp³-hybridized carbons (Fsp3) is 0.250. The van der Waals surface area contributed by atoms with E-state index in [2.05, 4.69) is 6.07 Å². The molecule has 0 aromatic heterocycles. The van der Waals surface area contributed by atoms with Gasteiger partial charge in [-0.15, -0.1) is 0 Å². The van der Waals surface area contributed by atoms with Gasteiger partial charge in [-0.05, 0) is 24.5 Å². The Morgan fingerprint density at radius 1 is 1.00 bits per heavy atom. The first kappa shape index (κ1) is 15.9. The molecule has 120 valence electrons. The summed E-state index contributed by atoms with van der Waals surface area (Å²) in [5, 5.41) is 9.29. The Morgan fingerprint density at radius 2 is 1.62 bits per heavy atom. The van der Waals surface area contributed by atoms with Gasteiger partial charge >= 0.3 is 0 Å². The highest BCUT2D eigenvalue weighted by Gasteiger charge is 2.37. The fourth-order valence-corrected chi connectivity index (χ4v) is 3.38. The molecular weight excluding hydrogens is 300 g/mol. The average molecular weight is 318 g/mol. The van der Waals surface area contributed by atoms with E-state index in [1.807, 2.05) is 31.1 Å². The summed E-state index contributed by atoms with van der Waals surface area (Å²) in [4.78, 5) is 26.9. The highest BCUT2D eigenvalue weighted by atomic mass is 16.2. The molecule has 2 aromatic rings. The van der Waals surface area contributed by atoms with Crippen LogP contribution < -0.4 is 4.90 Å². The van der Waals surface area contributed by atoms with Crippen LogP contribution in [0.1, 0.15) is 38.3 Å². The normalized spacial score (nSPS) is 13.7. The number of Topliss-reactive ketones (excluding diaryl/α,β-unsaturated/α-hetero) is 2. The van der Waals surface area contributed by atoms with Crippen LogP contribution in [0.3, 0.4) is 0 Å². The zero-order valence-corrected chi connectivity index (χ0v) is 13.7. The molecule has 0 fully saturated rings. The van der Waals surface area contributed by atoms with Crippen molar-refractivity contribution in [2.75, 3.05) is 19.0 Å². The molecule has 0 saturated heterocycles. The molecule has 0 amide bonds. The molecule has 0 spiro atoms. The molecule has 1 aliphatic carbocycles. The van der Waals surface area contributed by atoms with Gasteiger partial charge in [0.15, 0.2) is 11.6 Å². The number of benzene rings is 2. The van der Waals surface area contributed by atoms with E-state index in [0.29, 0.717) is 29.5 Å². The van der Waals surface area contributed by atoms with E-state index in [1.54, 1.807) is 30.3 Å². The lowest BCUT2D eigenvalue weighted by molar-refractivity contribution is 0.0831. The van der Waals surface area contributed by atoms with Gasteiger partial charge in [-0.2, -0.15) is 5.26 Å². The lowest BCUT2D eigenvalue weighted by Crippen LogP contribution is -2.18. The summed E-state index contributed by atoms with van der Waals surface area (Å²) < 4.78 is 0. The van der Waals surface area contributed by atoms with Gasteiger partial charge in [0, 0.05) is 25.2 Å². The van der Waals surface area contributed by atoms with Crippen molar-refractivity contribution in [3.05, 3.63) is 64.7 Å². The Balaban J connectivity index is 1.85. The van der Waals surface area contributed by atoms with Crippen LogP contribution >= 0.6 is 0 Å². The largest absolute Gasteiger partial charge is 0.376 e. The molecule has 0 saturated carbocycles. The van der Waals surface area contributed by atoms with Crippen molar-refractivity contribution in [2.24, 2.45) is 5.92 Å². The molecule has 0 unspecified atom stereocenters. The summed E-state index contributed by atoms with van der Waals surface area (Å²) in [6.45, 7) is 0. The summed E-state index contributed by atoms with van der Waals surface area (Å²) in [6.07, 6.45) is 1.04. The first-order valence-corrected chi connectivity index (χ1v) is 7.91. The van der Waals surface area contributed by atoms with Crippen LogP contribution in [0.4, 0.5) is 5.69 Å². The van der Waals surface area contributed by atoms with Gasteiger partial charge in [0.25, 0.3) is 0 Å². The topological polar surface area (TPSA) is 61.2 Å². The zero-order chi connectivity index (χ0) is 17.3. The molecule has 0 N–H and O–H groups in total. The molecule has 0 heterocycles. The van der Waals surface area contributed by atoms with Crippen molar-refractivity contribution in [3.8, 4) is 6.07 Å². The SMILES string of the molecule is CN(C)c1c(C#N)cccc1CCC1C(=O)c2ccccc2C1=O. The number of nitriles is 1. The minimum absolute atomic E-state index is 0.0848. The number of hydrogen-bond donors (Lipinski definition) is 0. The van der Waals surface area contributed by atoms with Gasteiger partial charge in [0.2, 0.25) is 0 Å². The maximum absolute atomic E-state index is 12.5. The number of rotatable bonds is 4. The molecule has 4 nitrogen and oxygen atoms in total. The zero-order valence-electron chi connectivity index (χ0n) is 13.7. The van der Waals surface area contributed by atoms with Crippen molar-refractivity contribution in [2.45, 2.75) is 12.8 Å². The third-order valence-electron chi connectivity index (χ3n) is 4.48. The third kappa shape index (κ3) is 2.59. The van der Waals surface area contributed by atoms with Crippen molar-refractivity contribution >= 4 is 17.3 Å². The van der Waals surface area contributed by atoms with Crippen LogP contribution in [0.5, 0.6) is 0 Å². The number of ketones is 2. The number of hydrogen-bond acceptors (Lipinski definition) is 4. The second-order valence-electron chi connectivity index (χ2n) is 6.18. The van der Waals surface area contributed by atoms with Crippen molar-refractivity contribution in [1.82, 2.24) is 0 Å². The van der Waals surface area contributed by atoms with Crippen molar-refractivity contribution in [1.29, 1.82) is 5.26 Å². The highest BCUT2D eigenvalue weighted by Crippen LogP contribution is 2.31. The molecule has 0 atom stereocenters. The number of nitrogens with zero attached hydrogens (tertiary/aromatic N) is 2. The van der Waals surface area contributed by atoms with Gasteiger partial charge in [0.05, 0.1) is 17.2 Å². The van der Waals surface area contributed by atoms with Crippen molar-refractivity contribution < 1.29 is 9.59 Å². The Labute approximate surface area is 141 Å². The minimum atomic E-state index is -0.608. The molecule has 2 aromatic carbocycles. The van der Waals surface area contributed by atoms with E-state index in [0.717, 1.165) is 11.3 Å². The monoisotopic (exact) mass is 318 g/mol. The Morgan fingerprint density at radius 3 is 2.17 bits per heavy atom. The van der Waals surface area contributed by atoms with Crippen LogP contribution in [-0.2, 0) is 6.42 Å². The Bertz CT molecular complexity index is 827. The Hall–Kier alpha value is -2.93. The van der Waals surface area contributed by atoms with Crippen LogP contribution in [0, 0.1) is 17.2 Å². The molecule has 0 radical (unpaired) electrons. The summed E-state index contributed by atoms with van der Waals surface area (Å²) in [5.41, 5.74) is 3.51. The first-order chi connectivity index (χ1) is 11.5. The third-order valence-corrected chi connectivity index (χ3v) is 4.48. The van der Waals surface area contributed by atoms with E-state index >= 15 is 0 Å². The summed E-state index contributed by atoms with van der Waals surface area (Å²) in [6, 6.07) is 14.8. The predicted molar refractivity (Wildman–Crippen MR) is 92.4 cm³/mol. The maximum Gasteiger partial charge on any atom is 0.174 e. The second-order valence-corrected chi connectivity index (χ2v) is 6.18. The summed E-state index contributed by atoms with van der Waals surface area (Å²) >= 11 is 0. The Kier molecular flexibility index (Phi) is 4.18. The van der Waals surface area contributed by atoms with Crippen molar-refractivity contribution in [3.63, 3.8) is 0 Å². The van der Waals surface area contributed by atoms with Gasteiger partial charge in [-0.1, -0.05) is 36.4 Å². The van der Waals surface area contributed by atoms with Gasteiger partial charge in [-0.3, -0.25) is 9.59 Å². The number of para-hydroxylation sites is 1. The molecule has 1 aliphatic rings. The summed E-state index contributed by atoms with van der Waals surface area (Å²) in [7, 11) is 3.78. The van der Waals surface area contributed by atoms with Crippen LogP contribution in [0.2, 0.25) is 0 Å². The van der Waals surface area contributed by atoms with Gasteiger partial charge in [-0.25, -0.2) is 0 Å². The summed E-state index contributed by atoms with van der Waals surface area (Å²) in [5.74, 6) is -0.778. The smallest absolute Gasteiger partial charge is 0.174 e. The number of fused-ring (bicyclic) bond motifs is 1. The number of carbonyl (C=O) groups excluding carboxylic acids is 2. The molecule has 0 bridgehead atoms. The van der Waals surface area contributed by atoms with E-state index in [9.17, 15) is 14.9 Å². The van der Waals surface area contributed by atoms with Crippen LogP contribution in [0.15, 0.2) is 42.5 Å². The molecule has 24 heavy (non-hydrogen) atoms. The average Bonchev–Trinajstić information content (AvgIpc) is 2.84. The van der Waals surface area contributed by atoms with E-state index in [1.165, 1.54) is 0 Å². The minimum Gasteiger partial charge on any atom is -0.376 e. The standard InChI is InChI=1S/C20H18N2O2/c1-22(2)18-13(6-5-7-14(18)12-21)10-11-17-19(23)15-8-3-4-9-16(15)20(17)24/h3-9,17H,10-11H2,1-2H3. The van der Waals surface area contributed by atoms with Crippen LogP contribution in [0.25, 0.3) is 0 Å². The van der Waals surface area contributed by atoms with E-state index in [-0.39, 0.29) is 11.6 Å².